The lowest BCUT2D eigenvalue weighted by atomic mass is 10.3. The summed E-state index contributed by atoms with van der Waals surface area (Å²) in [4.78, 5) is 13.1. The fraction of sp³-hybridized carbons (Fsp3) is 0.188. The van der Waals surface area contributed by atoms with Crippen LogP contribution in [0.25, 0.3) is 0 Å². The van der Waals surface area contributed by atoms with Crippen molar-refractivity contribution in [3.63, 3.8) is 0 Å². The third kappa shape index (κ3) is 4.21. The minimum absolute atomic E-state index is 0.0967. The molecular formula is C16H15F2NO2S. The lowest BCUT2D eigenvalue weighted by Gasteiger charge is -2.15. The summed E-state index contributed by atoms with van der Waals surface area (Å²) in [5.74, 6) is -2.25. The van der Waals surface area contributed by atoms with E-state index in [1.165, 1.54) is 13.0 Å². The first kappa shape index (κ1) is 16.3. The van der Waals surface area contributed by atoms with Crippen LogP contribution in [-0.4, -0.2) is 18.3 Å². The van der Waals surface area contributed by atoms with E-state index in [-0.39, 0.29) is 11.7 Å². The predicted molar refractivity (Wildman–Crippen MR) is 83.3 cm³/mol. The maximum absolute atomic E-state index is 13.1. The molecule has 0 aliphatic carbocycles. The fourth-order valence-electron chi connectivity index (χ4n) is 1.75. The van der Waals surface area contributed by atoms with Gasteiger partial charge in [-0.2, -0.15) is 0 Å². The number of nitrogens with one attached hydrogen (secondary N) is 1. The number of carbonyl (C=O) groups excluding carboxylic acids is 1. The molecule has 0 saturated carbocycles. The van der Waals surface area contributed by atoms with Crippen molar-refractivity contribution in [2.45, 2.75) is 17.9 Å². The van der Waals surface area contributed by atoms with Crippen molar-refractivity contribution >= 4 is 23.4 Å². The van der Waals surface area contributed by atoms with E-state index in [0.29, 0.717) is 5.69 Å². The van der Waals surface area contributed by atoms with Crippen molar-refractivity contribution in [3.8, 4) is 5.75 Å². The van der Waals surface area contributed by atoms with Crippen LogP contribution >= 0.6 is 11.8 Å². The zero-order chi connectivity index (χ0) is 16.1. The molecule has 0 bridgehead atoms. The first-order chi connectivity index (χ1) is 10.5. The first-order valence-electron chi connectivity index (χ1n) is 6.56. The topological polar surface area (TPSA) is 38.3 Å². The van der Waals surface area contributed by atoms with Gasteiger partial charge in [-0.25, -0.2) is 8.78 Å². The van der Waals surface area contributed by atoms with Crippen LogP contribution in [0.1, 0.15) is 6.92 Å². The Balaban J connectivity index is 2.00. The van der Waals surface area contributed by atoms with E-state index < -0.39 is 17.7 Å². The van der Waals surface area contributed by atoms with Crippen LogP contribution in [0.15, 0.2) is 47.4 Å². The third-order valence-electron chi connectivity index (χ3n) is 2.91. The fourth-order valence-corrected chi connectivity index (χ4v) is 2.21. The molecule has 0 radical (unpaired) electrons. The quantitative estimate of drug-likeness (QED) is 0.842. The molecule has 2 aromatic rings. The lowest BCUT2D eigenvalue weighted by Crippen LogP contribution is -2.30. The number of rotatable bonds is 5. The van der Waals surface area contributed by atoms with Crippen molar-refractivity contribution in [3.05, 3.63) is 54.1 Å². The summed E-state index contributed by atoms with van der Waals surface area (Å²) in [7, 11) is 0. The predicted octanol–water partition coefficient (Wildman–Crippen LogP) is 4.09. The van der Waals surface area contributed by atoms with Crippen molar-refractivity contribution in [1.29, 1.82) is 0 Å². The number of benzene rings is 2. The van der Waals surface area contributed by atoms with Gasteiger partial charge in [0.15, 0.2) is 17.7 Å². The molecule has 1 amide bonds. The molecule has 0 spiro atoms. The number of ether oxygens (including phenoxy) is 1. The number of halogens is 2. The van der Waals surface area contributed by atoms with Crippen molar-refractivity contribution in [2.24, 2.45) is 0 Å². The second kappa shape index (κ2) is 7.26. The Hall–Kier alpha value is -2.08. The number of hydrogen-bond acceptors (Lipinski definition) is 3. The number of thioether (sulfide) groups is 1. The number of carbonyl (C=O) groups is 1. The highest BCUT2D eigenvalue weighted by Gasteiger charge is 2.16. The summed E-state index contributed by atoms with van der Waals surface area (Å²) in [6.07, 6.45) is 1.10. The van der Waals surface area contributed by atoms with Crippen molar-refractivity contribution in [2.75, 3.05) is 11.6 Å². The second-order valence-corrected chi connectivity index (χ2v) is 5.44. The highest BCUT2D eigenvalue weighted by atomic mass is 32.2. The first-order valence-corrected chi connectivity index (χ1v) is 7.78. The monoisotopic (exact) mass is 323 g/mol. The Morgan fingerprint density at radius 3 is 2.64 bits per heavy atom. The Bertz CT molecular complexity index is 679. The standard InChI is InChI=1S/C16H15F2NO2S/c1-10(21-12-6-7-14(17)15(18)9-12)16(20)19-11-4-3-5-13(8-11)22-2/h3-10H,1-2H3,(H,19,20). The molecule has 0 fully saturated rings. The van der Waals surface area contributed by atoms with E-state index in [4.69, 9.17) is 4.74 Å². The Labute approximate surface area is 131 Å². The summed E-state index contributed by atoms with van der Waals surface area (Å²) in [6, 6.07) is 10.5. The molecule has 1 unspecified atom stereocenters. The van der Waals surface area contributed by atoms with Gasteiger partial charge in [0, 0.05) is 16.6 Å². The van der Waals surface area contributed by atoms with Gasteiger partial charge in [-0.3, -0.25) is 4.79 Å². The van der Waals surface area contributed by atoms with Crippen LogP contribution < -0.4 is 10.1 Å². The normalized spacial score (nSPS) is 11.8. The molecule has 0 saturated heterocycles. The molecule has 1 N–H and O–H groups in total. The summed E-state index contributed by atoms with van der Waals surface area (Å²) in [5.41, 5.74) is 0.651. The molecule has 116 valence electrons. The minimum Gasteiger partial charge on any atom is -0.481 e. The third-order valence-corrected chi connectivity index (χ3v) is 3.64. The SMILES string of the molecule is CSc1cccc(NC(=O)C(C)Oc2ccc(F)c(F)c2)c1. The molecule has 1 atom stereocenters. The van der Waals surface area contributed by atoms with E-state index in [1.54, 1.807) is 17.8 Å². The van der Waals surface area contributed by atoms with Gasteiger partial charge in [0.2, 0.25) is 0 Å². The van der Waals surface area contributed by atoms with E-state index in [2.05, 4.69) is 5.32 Å². The molecule has 0 aliphatic heterocycles. The minimum atomic E-state index is -1.02. The number of anilines is 1. The number of hydrogen-bond donors (Lipinski definition) is 1. The van der Waals surface area contributed by atoms with Crippen LogP contribution in [0.5, 0.6) is 5.75 Å². The van der Waals surface area contributed by atoms with Gasteiger partial charge in [0.05, 0.1) is 0 Å². The van der Waals surface area contributed by atoms with Gasteiger partial charge in [-0.1, -0.05) is 6.07 Å². The molecule has 0 aromatic heterocycles. The average molecular weight is 323 g/mol. The lowest BCUT2D eigenvalue weighted by molar-refractivity contribution is -0.122. The van der Waals surface area contributed by atoms with Gasteiger partial charge < -0.3 is 10.1 Å². The molecule has 0 aliphatic rings. The van der Waals surface area contributed by atoms with Crippen molar-refractivity contribution in [1.82, 2.24) is 0 Å². The smallest absolute Gasteiger partial charge is 0.265 e. The molecule has 3 nitrogen and oxygen atoms in total. The highest BCUT2D eigenvalue weighted by molar-refractivity contribution is 7.98. The van der Waals surface area contributed by atoms with E-state index in [1.807, 2.05) is 24.5 Å². The molecule has 0 heterocycles. The Morgan fingerprint density at radius 2 is 1.95 bits per heavy atom. The van der Waals surface area contributed by atoms with Crippen LogP contribution in [0.2, 0.25) is 0 Å². The summed E-state index contributed by atoms with van der Waals surface area (Å²) in [5, 5.41) is 2.72. The Morgan fingerprint density at radius 1 is 1.18 bits per heavy atom. The van der Waals surface area contributed by atoms with Gasteiger partial charge in [0.1, 0.15) is 5.75 Å². The maximum atomic E-state index is 13.1. The van der Waals surface area contributed by atoms with Crippen LogP contribution in [0.3, 0.4) is 0 Å². The van der Waals surface area contributed by atoms with Crippen molar-refractivity contribution < 1.29 is 18.3 Å². The van der Waals surface area contributed by atoms with Gasteiger partial charge in [-0.15, -0.1) is 11.8 Å². The van der Waals surface area contributed by atoms with Gasteiger partial charge in [0.25, 0.3) is 5.91 Å². The zero-order valence-corrected chi connectivity index (χ0v) is 12.9. The maximum Gasteiger partial charge on any atom is 0.265 e. The van der Waals surface area contributed by atoms with E-state index in [9.17, 15) is 13.6 Å². The van der Waals surface area contributed by atoms with Crippen LogP contribution in [0.4, 0.5) is 14.5 Å². The van der Waals surface area contributed by atoms with Gasteiger partial charge >= 0.3 is 0 Å². The highest BCUT2D eigenvalue weighted by Crippen LogP contribution is 2.20. The zero-order valence-electron chi connectivity index (χ0n) is 12.1. The molecule has 2 aromatic carbocycles. The van der Waals surface area contributed by atoms with E-state index >= 15 is 0 Å². The second-order valence-electron chi connectivity index (χ2n) is 4.56. The van der Waals surface area contributed by atoms with Crippen LogP contribution in [-0.2, 0) is 4.79 Å². The van der Waals surface area contributed by atoms with Crippen LogP contribution in [0, 0.1) is 11.6 Å². The molecule has 6 heteroatoms. The van der Waals surface area contributed by atoms with E-state index in [0.717, 1.165) is 17.0 Å². The summed E-state index contributed by atoms with van der Waals surface area (Å²) < 4.78 is 31.3. The molecular weight excluding hydrogens is 308 g/mol. The molecule has 2 rings (SSSR count). The Kier molecular flexibility index (Phi) is 5.38. The van der Waals surface area contributed by atoms with Gasteiger partial charge in [-0.05, 0) is 43.5 Å². The molecule has 22 heavy (non-hydrogen) atoms. The largest absolute Gasteiger partial charge is 0.481 e. The number of amides is 1. The average Bonchev–Trinajstić information content (AvgIpc) is 2.51. The summed E-state index contributed by atoms with van der Waals surface area (Å²) >= 11 is 1.56. The summed E-state index contributed by atoms with van der Waals surface area (Å²) in [6.45, 7) is 1.54.